The minimum absolute atomic E-state index is 0.611. The van der Waals surface area contributed by atoms with Gasteiger partial charge in [0.2, 0.25) is 0 Å². The molecule has 6 nitrogen and oxygen atoms in total. The molecule has 0 saturated carbocycles. The summed E-state index contributed by atoms with van der Waals surface area (Å²) in [5, 5.41) is 7.69. The van der Waals surface area contributed by atoms with Crippen LogP contribution in [0.3, 0.4) is 0 Å². The lowest BCUT2D eigenvalue weighted by Crippen LogP contribution is -2.11. The second-order valence-corrected chi connectivity index (χ2v) is 5.63. The summed E-state index contributed by atoms with van der Waals surface area (Å²) in [5.74, 6) is 1.55. The zero-order valence-electron chi connectivity index (χ0n) is 11.8. The molecule has 0 fully saturated rings. The minimum Gasteiger partial charge on any atom is -0.365 e. The number of hydrogen-bond acceptors (Lipinski definition) is 5. The quantitative estimate of drug-likeness (QED) is 0.786. The Hall–Kier alpha value is -2.02. The first-order chi connectivity index (χ1) is 10.2. The van der Waals surface area contributed by atoms with E-state index in [4.69, 9.17) is 0 Å². The average Bonchev–Trinajstić information content (AvgIpc) is 2.92. The number of hydrogen-bond donors (Lipinski definition) is 1. The Morgan fingerprint density at radius 2 is 2.19 bits per heavy atom. The number of rotatable bonds is 4. The van der Waals surface area contributed by atoms with Crippen LogP contribution in [0.1, 0.15) is 23.7 Å². The van der Waals surface area contributed by atoms with Gasteiger partial charge in [0.15, 0.2) is 0 Å². The molecule has 0 atom stereocenters. The van der Waals surface area contributed by atoms with Crippen LogP contribution < -0.4 is 5.32 Å². The number of nitrogens with one attached hydrogen (secondary N) is 1. The highest BCUT2D eigenvalue weighted by Crippen LogP contribution is 2.20. The van der Waals surface area contributed by atoms with Crippen LogP contribution in [0, 0.1) is 6.92 Å². The Morgan fingerprint density at radius 3 is 2.95 bits per heavy atom. The third-order valence-electron chi connectivity index (χ3n) is 3.31. The number of anilines is 1. The highest BCUT2D eigenvalue weighted by molar-refractivity contribution is 9.10. The Labute approximate surface area is 130 Å². The van der Waals surface area contributed by atoms with Crippen LogP contribution in [0.15, 0.2) is 29.3 Å². The molecule has 0 spiro atoms. The van der Waals surface area contributed by atoms with Crippen LogP contribution in [0.2, 0.25) is 0 Å². The molecule has 0 amide bonds. The number of pyridine rings is 1. The maximum absolute atomic E-state index is 4.47. The first-order valence-electron chi connectivity index (χ1n) is 6.71. The molecule has 0 unspecified atom stereocenters. The normalized spacial score (nSPS) is 11.0. The molecule has 0 aromatic carbocycles. The topological polar surface area (TPSA) is 68.0 Å². The molecular formula is C14H15BrN6. The molecule has 0 aliphatic carbocycles. The Morgan fingerprint density at radius 1 is 1.33 bits per heavy atom. The van der Waals surface area contributed by atoms with E-state index >= 15 is 0 Å². The lowest BCUT2D eigenvalue weighted by atomic mass is 10.1. The van der Waals surface area contributed by atoms with Crippen molar-refractivity contribution in [1.29, 1.82) is 0 Å². The van der Waals surface area contributed by atoms with Gasteiger partial charge in [-0.3, -0.25) is 4.98 Å². The van der Waals surface area contributed by atoms with Gasteiger partial charge in [-0.25, -0.2) is 4.98 Å². The van der Waals surface area contributed by atoms with E-state index in [9.17, 15) is 0 Å². The molecule has 21 heavy (non-hydrogen) atoms. The number of aromatic nitrogens is 5. The predicted octanol–water partition coefficient (Wildman–Crippen LogP) is 2.76. The molecule has 3 rings (SSSR count). The first kappa shape index (κ1) is 13.9. The number of aryl methyl sites for hydroxylation is 1. The van der Waals surface area contributed by atoms with Crippen LogP contribution >= 0.6 is 15.9 Å². The molecule has 7 heteroatoms. The van der Waals surface area contributed by atoms with Crippen molar-refractivity contribution in [3.05, 3.63) is 46.1 Å². The van der Waals surface area contributed by atoms with E-state index in [1.165, 1.54) is 6.33 Å². The summed E-state index contributed by atoms with van der Waals surface area (Å²) < 4.78 is 2.71. The van der Waals surface area contributed by atoms with Gasteiger partial charge in [0, 0.05) is 34.7 Å². The van der Waals surface area contributed by atoms with Crippen molar-refractivity contribution in [3.63, 3.8) is 0 Å². The molecule has 3 aromatic heterocycles. The number of halogens is 1. The van der Waals surface area contributed by atoms with E-state index in [1.54, 1.807) is 10.7 Å². The zero-order valence-corrected chi connectivity index (χ0v) is 13.4. The molecule has 0 saturated heterocycles. The molecular weight excluding hydrogens is 332 g/mol. The molecule has 0 aliphatic rings. The molecule has 1 N–H and O–H groups in total. The van der Waals surface area contributed by atoms with Crippen molar-refractivity contribution >= 4 is 27.5 Å². The summed E-state index contributed by atoms with van der Waals surface area (Å²) in [7, 11) is 0. The standard InChI is InChI=1S/C14H15BrN6/c1-3-12-9(2)20-14-18-8-19-21(14)13(12)17-6-10-4-11(15)7-16-5-10/h4-5,7-8,17H,3,6H2,1-2H3. The second-order valence-electron chi connectivity index (χ2n) is 4.71. The van der Waals surface area contributed by atoms with Gasteiger partial charge < -0.3 is 5.32 Å². The number of fused-ring (bicyclic) bond motifs is 1. The van der Waals surface area contributed by atoms with Crippen molar-refractivity contribution in [3.8, 4) is 0 Å². The van der Waals surface area contributed by atoms with Gasteiger partial charge in [-0.15, -0.1) is 0 Å². The maximum Gasteiger partial charge on any atom is 0.254 e. The zero-order chi connectivity index (χ0) is 14.8. The Balaban J connectivity index is 1.97. The van der Waals surface area contributed by atoms with Crippen molar-refractivity contribution in [2.24, 2.45) is 0 Å². The molecule has 3 aromatic rings. The highest BCUT2D eigenvalue weighted by atomic mass is 79.9. The van der Waals surface area contributed by atoms with Crippen LogP contribution in [0.4, 0.5) is 5.82 Å². The smallest absolute Gasteiger partial charge is 0.254 e. The second kappa shape index (κ2) is 5.77. The first-order valence-corrected chi connectivity index (χ1v) is 7.51. The van der Waals surface area contributed by atoms with Gasteiger partial charge >= 0.3 is 0 Å². The Bertz CT molecular complexity index is 782. The fraction of sp³-hybridized carbons (Fsp3) is 0.286. The molecule has 0 radical (unpaired) electrons. The van der Waals surface area contributed by atoms with E-state index < -0.39 is 0 Å². The van der Waals surface area contributed by atoms with Gasteiger partial charge in [-0.05, 0) is 40.9 Å². The SMILES string of the molecule is CCc1c(C)nc2ncnn2c1NCc1cncc(Br)c1. The van der Waals surface area contributed by atoms with Crippen molar-refractivity contribution in [2.45, 2.75) is 26.8 Å². The summed E-state index contributed by atoms with van der Waals surface area (Å²) in [6.45, 7) is 4.77. The molecule has 108 valence electrons. The monoisotopic (exact) mass is 346 g/mol. The lowest BCUT2D eigenvalue weighted by molar-refractivity contribution is 0.883. The third-order valence-corrected chi connectivity index (χ3v) is 3.74. The summed E-state index contributed by atoms with van der Waals surface area (Å²) >= 11 is 3.43. The van der Waals surface area contributed by atoms with Gasteiger partial charge in [0.05, 0.1) is 0 Å². The van der Waals surface area contributed by atoms with Gasteiger partial charge in [-0.1, -0.05) is 6.92 Å². The lowest BCUT2D eigenvalue weighted by Gasteiger charge is -2.14. The van der Waals surface area contributed by atoms with Gasteiger partial charge in [0.1, 0.15) is 12.1 Å². The van der Waals surface area contributed by atoms with E-state index in [2.05, 4.69) is 48.2 Å². The molecule has 0 bridgehead atoms. The molecule has 0 aliphatic heterocycles. The third kappa shape index (κ3) is 2.73. The van der Waals surface area contributed by atoms with Crippen molar-refractivity contribution in [1.82, 2.24) is 24.6 Å². The number of nitrogens with zero attached hydrogens (tertiary/aromatic N) is 5. The summed E-state index contributed by atoms with van der Waals surface area (Å²) in [6.07, 6.45) is 6.02. The van der Waals surface area contributed by atoms with Crippen LogP contribution in [0.25, 0.3) is 5.78 Å². The van der Waals surface area contributed by atoms with Crippen LogP contribution in [-0.2, 0) is 13.0 Å². The van der Waals surface area contributed by atoms with E-state index in [1.807, 2.05) is 19.2 Å². The maximum atomic E-state index is 4.47. The largest absolute Gasteiger partial charge is 0.365 e. The molecule has 3 heterocycles. The van der Waals surface area contributed by atoms with Crippen LogP contribution in [-0.4, -0.2) is 24.6 Å². The van der Waals surface area contributed by atoms with Gasteiger partial charge in [-0.2, -0.15) is 14.6 Å². The summed E-state index contributed by atoms with van der Waals surface area (Å²) in [5.41, 5.74) is 3.22. The predicted molar refractivity (Wildman–Crippen MR) is 84.2 cm³/mol. The van der Waals surface area contributed by atoms with Crippen molar-refractivity contribution < 1.29 is 0 Å². The van der Waals surface area contributed by atoms with Crippen LogP contribution in [0.5, 0.6) is 0 Å². The summed E-state index contributed by atoms with van der Waals surface area (Å²) in [4.78, 5) is 12.8. The average molecular weight is 347 g/mol. The minimum atomic E-state index is 0.611. The van der Waals surface area contributed by atoms with E-state index in [-0.39, 0.29) is 0 Å². The highest BCUT2D eigenvalue weighted by Gasteiger charge is 2.12. The van der Waals surface area contributed by atoms with Gasteiger partial charge in [0.25, 0.3) is 5.78 Å². The fourth-order valence-electron chi connectivity index (χ4n) is 2.33. The Kier molecular flexibility index (Phi) is 3.83. The summed E-state index contributed by atoms with van der Waals surface area (Å²) in [6, 6.07) is 2.04. The van der Waals surface area contributed by atoms with Crippen molar-refractivity contribution in [2.75, 3.05) is 5.32 Å². The van der Waals surface area contributed by atoms with E-state index in [0.29, 0.717) is 12.3 Å². The van der Waals surface area contributed by atoms with E-state index in [0.717, 1.165) is 33.5 Å². The fourth-order valence-corrected chi connectivity index (χ4v) is 2.74.